The topological polar surface area (TPSA) is 58.6 Å². The zero-order valence-corrected chi connectivity index (χ0v) is 16.0. The Balaban J connectivity index is 1.62. The number of amides is 2. The summed E-state index contributed by atoms with van der Waals surface area (Å²) in [6.07, 6.45) is 2.74. The van der Waals surface area contributed by atoms with Crippen LogP contribution in [0.1, 0.15) is 36.4 Å². The van der Waals surface area contributed by atoms with Crippen LogP contribution in [0.2, 0.25) is 0 Å². The molecule has 1 N–H and O–H groups in total. The summed E-state index contributed by atoms with van der Waals surface area (Å²) in [5, 5.41) is 2.91. The zero-order chi connectivity index (χ0) is 20.6. The van der Waals surface area contributed by atoms with Crippen LogP contribution in [0.5, 0.6) is 5.75 Å². The molecule has 3 rings (SSSR count). The maximum atomic E-state index is 12.9. The Kier molecular flexibility index (Phi) is 7.16. The van der Waals surface area contributed by atoms with Crippen molar-refractivity contribution in [3.63, 3.8) is 0 Å². The molecule has 2 aromatic rings. The number of piperidine rings is 1. The molecule has 0 saturated carbocycles. The molecule has 1 unspecified atom stereocenters. The van der Waals surface area contributed by atoms with Crippen LogP contribution in [0.3, 0.4) is 0 Å². The van der Waals surface area contributed by atoms with Crippen molar-refractivity contribution < 1.29 is 23.1 Å². The van der Waals surface area contributed by atoms with Crippen molar-refractivity contribution in [3.8, 4) is 5.75 Å². The van der Waals surface area contributed by atoms with Crippen molar-refractivity contribution in [2.75, 3.05) is 13.1 Å². The molecule has 0 aliphatic carbocycles. The molecule has 5 nitrogen and oxygen atoms in total. The molecule has 2 amide bonds. The first kappa shape index (κ1) is 20.8. The van der Waals surface area contributed by atoms with Crippen molar-refractivity contribution in [3.05, 3.63) is 65.7 Å². The van der Waals surface area contributed by atoms with Gasteiger partial charge in [-0.1, -0.05) is 42.5 Å². The van der Waals surface area contributed by atoms with Gasteiger partial charge in [-0.05, 0) is 42.5 Å². The maximum absolute atomic E-state index is 12.9. The lowest BCUT2D eigenvalue weighted by Gasteiger charge is -2.34. The molecule has 1 aliphatic heterocycles. The van der Waals surface area contributed by atoms with Gasteiger partial charge in [0.1, 0.15) is 11.8 Å². The Bertz CT molecular complexity index is 813. The number of benzene rings is 2. The monoisotopic (exact) mass is 402 g/mol. The van der Waals surface area contributed by atoms with Gasteiger partial charge in [0, 0.05) is 19.5 Å². The van der Waals surface area contributed by atoms with Gasteiger partial charge in [0.05, 0.1) is 0 Å². The first-order valence-corrected chi connectivity index (χ1v) is 9.70. The maximum Gasteiger partial charge on any atom is 0.387 e. The average molecular weight is 402 g/mol. The molecule has 154 valence electrons. The molecule has 0 radical (unpaired) electrons. The van der Waals surface area contributed by atoms with Crippen molar-refractivity contribution in [2.24, 2.45) is 0 Å². The van der Waals surface area contributed by atoms with E-state index in [1.54, 1.807) is 17.0 Å². The van der Waals surface area contributed by atoms with Crippen molar-refractivity contribution in [1.82, 2.24) is 10.2 Å². The number of carbonyl (C=O) groups excluding carboxylic acids is 2. The molecule has 1 heterocycles. The van der Waals surface area contributed by atoms with Gasteiger partial charge in [-0.15, -0.1) is 0 Å². The van der Waals surface area contributed by atoms with Gasteiger partial charge < -0.3 is 15.0 Å². The number of hydrogen-bond acceptors (Lipinski definition) is 3. The molecule has 7 heteroatoms. The summed E-state index contributed by atoms with van der Waals surface area (Å²) in [6.45, 7) is -1.91. The largest absolute Gasteiger partial charge is 0.435 e. The molecular formula is C22H24F2N2O3. The first-order valence-electron chi connectivity index (χ1n) is 9.70. The van der Waals surface area contributed by atoms with Gasteiger partial charge in [-0.2, -0.15) is 8.78 Å². The van der Waals surface area contributed by atoms with Gasteiger partial charge in [0.15, 0.2) is 0 Å². The van der Waals surface area contributed by atoms with Crippen LogP contribution in [0.4, 0.5) is 8.78 Å². The summed E-state index contributed by atoms with van der Waals surface area (Å²) in [7, 11) is 0. The lowest BCUT2D eigenvalue weighted by Crippen LogP contribution is -2.46. The molecule has 1 fully saturated rings. The highest BCUT2D eigenvalue weighted by molar-refractivity contribution is 5.89. The third kappa shape index (κ3) is 5.76. The van der Waals surface area contributed by atoms with E-state index in [9.17, 15) is 18.4 Å². The van der Waals surface area contributed by atoms with Gasteiger partial charge in [-0.3, -0.25) is 9.59 Å². The van der Waals surface area contributed by atoms with Crippen LogP contribution in [0, 0.1) is 0 Å². The minimum absolute atomic E-state index is 0.00475. The predicted molar refractivity (Wildman–Crippen MR) is 105 cm³/mol. The number of carbonyl (C=O) groups is 2. The summed E-state index contributed by atoms with van der Waals surface area (Å²) in [5.74, 6) is -0.125. The summed E-state index contributed by atoms with van der Waals surface area (Å²) in [5.41, 5.74) is 1.67. The van der Waals surface area contributed by atoms with Crippen LogP contribution < -0.4 is 10.1 Å². The molecule has 2 aromatic carbocycles. The smallest absolute Gasteiger partial charge is 0.387 e. The third-order valence-corrected chi connectivity index (χ3v) is 4.90. The highest BCUT2D eigenvalue weighted by Crippen LogP contribution is 2.25. The highest BCUT2D eigenvalue weighted by Gasteiger charge is 2.32. The number of ether oxygens (including phenoxy) is 1. The van der Waals surface area contributed by atoms with E-state index in [4.69, 9.17) is 0 Å². The quantitative estimate of drug-likeness (QED) is 0.733. The van der Waals surface area contributed by atoms with Crippen LogP contribution >= 0.6 is 0 Å². The molecule has 1 aliphatic rings. The van der Waals surface area contributed by atoms with E-state index in [1.165, 1.54) is 12.1 Å². The van der Waals surface area contributed by atoms with E-state index in [2.05, 4.69) is 10.1 Å². The fraction of sp³-hybridized carbons (Fsp3) is 0.364. The Morgan fingerprint density at radius 1 is 1.07 bits per heavy atom. The average Bonchev–Trinajstić information content (AvgIpc) is 2.71. The molecule has 0 spiro atoms. The number of rotatable bonds is 8. The van der Waals surface area contributed by atoms with Crippen molar-refractivity contribution in [2.45, 2.75) is 38.3 Å². The SMILES string of the molecule is O=C(NCCc1ccc(OC(F)F)cc1)C(c1ccccc1)N1CCCCC1=O. The molecule has 29 heavy (non-hydrogen) atoms. The highest BCUT2D eigenvalue weighted by atomic mass is 19.3. The van der Waals surface area contributed by atoms with Gasteiger partial charge in [0.25, 0.3) is 0 Å². The van der Waals surface area contributed by atoms with Crippen LogP contribution in [0.25, 0.3) is 0 Å². The lowest BCUT2D eigenvalue weighted by molar-refractivity contribution is -0.142. The second-order valence-corrected chi connectivity index (χ2v) is 6.92. The van der Waals surface area contributed by atoms with Gasteiger partial charge in [0.2, 0.25) is 11.8 Å². The number of nitrogens with zero attached hydrogens (tertiary/aromatic N) is 1. The molecule has 1 saturated heterocycles. The van der Waals surface area contributed by atoms with Crippen molar-refractivity contribution in [1.29, 1.82) is 0 Å². The molecular weight excluding hydrogens is 378 g/mol. The molecule has 1 atom stereocenters. The molecule has 0 bridgehead atoms. The summed E-state index contributed by atoms with van der Waals surface area (Å²) in [4.78, 5) is 27.0. The summed E-state index contributed by atoms with van der Waals surface area (Å²) in [6, 6.07) is 15.0. The first-order chi connectivity index (χ1) is 14.0. The summed E-state index contributed by atoms with van der Waals surface area (Å²) >= 11 is 0. The number of halogens is 2. The van der Waals surface area contributed by atoms with E-state index in [1.807, 2.05) is 30.3 Å². The minimum Gasteiger partial charge on any atom is -0.435 e. The van der Waals surface area contributed by atoms with E-state index in [-0.39, 0.29) is 17.6 Å². The van der Waals surface area contributed by atoms with Crippen LogP contribution in [-0.2, 0) is 16.0 Å². The third-order valence-electron chi connectivity index (χ3n) is 4.90. The lowest BCUT2D eigenvalue weighted by atomic mass is 10.0. The molecule has 0 aromatic heterocycles. The van der Waals surface area contributed by atoms with E-state index in [0.717, 1.165) is 24.0 Å². The van der Waals surface area contributed by atoms with Gasteiger partial charge in [-0.25, -0.2) is 0 Å². The fourth-order valence-corrected chi connectivity index (χ4v) is 3.47. The zero-order valence-electron chi connectivity index (χ0n) is 16.0. The van der Waals surface area contributed by atoms with Crippen molar-refractivity contribution >= 4 is 11.8 Å². The van der Waals surface area contributed by atoms with E-state index < -0.39 is 12.7 Å². The number of hydrogen-bond donors (Lipinski definition) is 1. The fourth-order valence-electron chi connectivity index (χ4n) is 3.47. The summed E-state index contributed by atoms with van der Waals surface area (Å²) < 4.78 is 28.8. The van der Waals surface area contributed by atoms with E-state index >= 15 is 0 Å². The standard InChI is InChI=1S/C22H24F2N2O3/c23-22(24)29-18-11-9-16(10-12-18)13-14-25-21(28)20(17-6-2-1-3-7-17)26-15-5-4-8-19(26)27/h1-3,6-7,9-12,20,22H,4-5,8,13-15H2,(H,25,28). The van der Waals surface area contributed by atoms with E-state index in [0.29, 0.717) is 25.9 Å². The number of likely N-dealkylation sites (tertiary alicyclic amines) is 1. The second kappa shape index (κ2) is 10.0. The van der Waals surface area contributed by atoms with Gasteiger partial charge >= 0.3 is 6.61 Å². The number of nitrogens with one attached hydrogen (secondary N) is 1. The second-order valence-electron chi connectivity index (χ2n) is 6.92. The predicted octanol–water partition coefficient (Wildman–Crippen LogP) is 3.70. The van der Waals surface area contributed by atoms with Crippen LogP contribution in [-0.4, -0.2) is 36.4 Å². The Labute approximate surface area is 168 Å². The minimum atomic E-state index is -2.85. The Hall–Kier alpha value is -2.96. The number of alkyl halides is 2. The Morgan fingerprint density at radius 3 is 2.45 bits per heavy atom. The normalized spacial score (nSPS) is 15.3. The van der Waals surface area contributed by atoms with Crippen LogP contribution in [0.15, 0.2) is 54.6 Å². The Morgan fingerprint density at radius 2 is 1.79 bits per heavy atom.